The molecule has 1 saturated carbocycles. The number of ether oxygens (including phenoxy) is 1. The number of fused-ring (bicyclic) bond motifs is 1. The Morgan fingerprint density at radius 3 is 2.76 bits per heavy atom. The van der Waals surface area contributed by atoms with E-state index in [0.717, 1.165) is 31.1 Å². The number of carbonyl (C=O) groups is 1. The zero-order valence-corrected chi connectivity index (χ0v) is 12.0. The van der Waals surface area contributed by atoms with Gasteiger partial charge in [-0.25, -0.2) is 0 Å². The van der Waals surface area contributed by atoms with E-state index in [-0.39, 0.29) is 18.1 Å². The number of furan rings is 1. The molecule has 1 fully saturated rings. The van der Waals surface area contributed by atoms with Crippen LogP contribution in [-0.4, -0.2) is 30.3 Å². The molecular formula is C16H19NO4. The van der Waals surface area contributed by atoms with E-state index >= 15 is 0 Å². The number of hydrogen-bond acceptors (Lipinski definition) is 4. The molecule has 5 heteroatoms. The van der Waals surface area contributed by atoms with Gasteiger partial charge in [0.05, 0.1) is 13.2 Å². The van der Waals surface area contributed by atoms with Crippen molar-refractivity contribution in [2.24, 2.45) is 0 Å². The number of nitrogens with one attached hydrogen (secondary N) is 1. The molecule has 1 aromatic carbocycles. The SMILES string of the molecule is COc1ccc2cc(C(=O)NC3CCC(O)CC3)oc2c1. The van der Waals surface area contributed by atoms with Crippen molar-refractivity contribution in [3.05, 3.63) is 30.0 Å². The lowest BCUT2D eigenvalue weighted by Crippen LogP contribution is -2.38. The van der Waals surface area contributed by atoms with E-state index < -0.39 is 0 Å². The molecule has 5 nitrogen and oxygen atoms in total. The van der Waals surface area contributed by atoms with E-state index in [0.29, 0.717) is 17.1 Å². The number of rotatable bonds is 3. The molecule has 0 bridgehead atoms. The standard InChI is InChI=1S/C16H19NO4/c1-20-13-7-2-10-8-15(21-14(10)9-13)16(19)17-11-3-5-12(18)6-4-11/h2,7-9,11-12,18H,3-6H2,1H3,(H,17,19). The summed E-state index contributed by atoms with van der Waals surface area (Å²) >= 11 is 0. The summed E-state index contributed by atoms with van der Waals surface area (Å²) in [5, 5.41) is 13.3. The van der Waals surface area contributed by atoms with Crippen LogP contribution in [0.5, 0.6) is 5.75 Å². The second-order valence-electron chi connectivity index (χ2n) is 5.49. The van der Waals surface area contributed by atoms with Crippen LogP contribution >= 0.6 is 0 Å². The minimum absolute atomic E-state index is 0.114. The van der Waals surface area contributed by atoms with Gasteiger partial charge in [0.1, 0.15) is 11.3 Å². The van der Waals surface area contributed by atoms with Crippen molar-refractivity contribution in [3.8, 4) is 5.75 Å². The number of carbonyl (C=O) groups excluding carboxylic acids is 1. The highest BCUT2D eigenvalue weighted by molar-refractivity contribution is 5.96. The number of aliphatic hydroxyl groups excluding tert-OH is 1. The first-order chi connectivity index (χ1) is 10.2. The molecule has 1 aliphatic carbocycles. The summed E-state index contributed by atoms with van der Waals surface area (Å²) in [6.07, 6.45) is 2.86. The van der Waals surface area contributed by atoms with Crippen LogP contribution in [0.4, 0.5) is 0 Å². The first kappa shape index (κ1) is 13.9. The van der Waals surface area contributed by atoms with E-state index in [2.05, 4.69) is 5.32 Å². The lowest BCUT2D eigenvalue weighted by molar-refractivity contribution is 0.0845. The van der Waals surface area contributed by atoms with Crippen LogP contribution in [0.1, 0.15) is 36.2 Å². The van der Waals surface area contributed by atoms with E-state index in [1.54, 1.807) is 19.2 Å². The second kappa shape index (κ2) is 5.77. The van der Waals surface area contributed by atoms with Gasteiger partial charge in [0.25, 0.3) is 5.91 Å². The minimum atomic E-state index is -0.225. The fraction of sp³-hybridized carbons (Fsp3) is 0.438. The number of amides is 1. The molecule has 0 saturated heterocycles. The third-order valence-electron chi connectivity index (χ3n) is 3.98. The quantitative estimate of drug-likeness (QED) is 0.910. The lowest BCUT2D eigenvalue weighted by Gasteiger charge is -2.25. The molecule has 2 aromatic rings. The molecule has 0 radical (unpaired) electrons. The fourth-order valence-electron chi connectivity index (χ4n) is 2.73. The highest BCUT2D eigenvalue weighted by Gasteiger charge is 2.22. The Labute approximate surface area is 122 Å². The topological polar surface area (TPSA) is 71.7 Å². The summed E-state index contributed by atoms with van der Waals surface area (Å²) in [6, 6.07) is 7.32. The average molecular weight is 289 g/mol. The molecule has 2 N–H and O–H groups in total. The summed E-state index contributed by atoms with van der Waals surface area (Å²) in [5.74, 6) is 0.806. The smallest absolute Gasteiger partial charge is 0.287 e. The van der Waals surface area contributed by atoms with E-state index in [4.69, 9.17) is 9.15 Å². The molecule has 0 atom stereocenters. The van der Waals surface area contributed by atoms with Gasteiger partial charge in [-0.05, 0) is 43.9 Å². The molecule has 1 amide bonds. The van der Waals surface area contributed by atoms with Crippen molar-refractivity contribution in [2.75, 3.05) is 7.11 Å². The van der Waals surface area contributed by atoms with E-state index in [9.17, 15) is 9.90 Å². The number of methoxy groups -OCH3 is 1. The zero-order valence-electron chi connectivity index (χ0n) is 12.0. The molecule has 1 heterocycles. The Balaban J connectivity index is 1.72. The molecule has 1 aliphatic rings. The zero-order chi connectivity index (χ0) is 14.8. The maximum atomic E-state index is 12.2. The van der Waals surface area contributed by atoms with Crippen LogP contribution in [-0.2, 0) is 0 Å². The van der Waals surface area contributed by atoms with Gasteiger partial charge in [0, 0.05) is 17.5 Å². The van der Waals surface area contributed by atoms with Gasteiger partial charge in [-0.1, -0.05) is 0 Å². The van der Waals surface area contributed by atoms with Gasteiger partial charge in [-0.3, -0.25) is 4.79 Å². The van der Waals surface area contributed by atoms with Crippen molar-refractivity contribution in [2.45, 2.75) is 37.8 Å². The summed E-state index contributed by atoms with van der Waals surface area (Å²) < 4.78 is 10.7. The van der Waals surface area contributed by atoms with Crippen molar-refractivity contribution in [1.29, 1.82) is 0 Å². The van der Waals surface area contributed by atoms with Crippen molar-refractivity contribution < 1.29 is 19.1 Å². The number of hydrogen-bond donors (Lipinski definition) is 2. The molecule has 0 aliphatic heterocycles. The molecule has 21 heavy (non-hydrogen) atoms. The molecule has 0 unspecified atom stereocenters. The summed E-state index contributed by atoms with van der Waals surface area (Å²) in [7, 11) is 1.59. The normalized spacial score (nSPS) is 22.2. The van der Waals surface area contributed by atoms with Crippen molar-refractivity contribution in [3.63, 3.8) is 0 Å². The highest BCUT2D eigenvalue weighted by Crippen LogP contribution is 2.25. The molecular weight excluding hydrogens is 270 g/mol. The summed E-state index contributed by atoms with van der Waals surface area (Å²) in [6.45, 7) is 0. The molecule has 112 valence electrons. The van der Waals surface area contributed by atoms with E-state index in [1.165, 1.54) is 0 Å². The van der Waals surface area contributed by atoms with Crippen LogP contribution in [0.25, 0.3) is 11.0 Å². The predicted molar refractivity (Wildman–Crippen MR) is 78.5 cm³/mol. The first-order valence-corrected chi connectivity index (χ1v) is 7.22. The Morgan fingerprint density at radius 2 is 2.05 bits per heavy atom. The number of aliphatic hydroxyl groups is 1. The lowest BCUT2D eigenvalue weighted by atomic mass is 9.93. The van der Waals surface area contributed by atoms with Crippen LogP contribution in [0, 0.1) is 0 Å². The third-order valence-corrected chi connectivity index (χ3v) is 3.98. The minimum Gasteiger partial charge on any atom is -0.497 e. The highest BCUT2D eigenvalue weighted by atomic mass is 16.5. The molecule has 1 aromatic heterocycles. The largest absolute Gasteiger partial charge is 0.497 e. The van der Waals surface area contributed by atoms with Crippen molar-refractivity contribution in [1.82, 2.24) is 5.32 Å². The first-order valence-electron chi connectivity index (χ1n) is 7.22. The van der Waals surface area contributed by atoms with Gasteiger partial charge in [-0.15, -0.1) is 0 Å². The fourth-order valence-corrected chi connectivity index (χ4v) is 2.73. The van der Waals surface area contributed by atoms with Crippen LogP contribution < -0.4 is 10.1 Å². The summed E-state index contributed by atoms with van der Waals surface area (Å²) in [4.78, 5) is 12.2. The molecule has 3 rings (SSSR count). The maximum Gasteiger partial charge on any atom is 0.287 e. The van der Waals surface area contributed by atoms with Gasteiger partial charge in [0.15, 0.2) is 5.76 Å². The Morgan fingerprint density at radius 1 is 1.29 bits per heavy atom. The van der Waals surface area contributed by atoms with Crippen molar-refractivity contribution >= 4 is 16.9 Å². The third kappa shape index (κ3) is 3.03. The monoisotopic (exact) mass is 289 g/mol. The molecule has 0 spiro atoms. The van der Waals surface area contributed by atoms with Gasteiger partial charge in [-0.2, -0.15) is 0 Å². The van der Waals surface area contributed by atoms with Crippen LogP contribution in [0.2, 0.25) is 0 Å². The maximum absolute atomic E-state index is 12.2. The Kier molecular flexibility index (Phi) is 3.84. The predicted octanol–water partition coefficient (Wildman–Crippen LogP) is 2.47. The van der Waals surface area contributed by atoms with E-state index in [1.807, 2.05) is 12.1 Å². The summed E-state index contributed by atoms with van der Waals surface area (Å²) in [5.41, 5.74) is 0.638. The Bertz CT molecular complexity index is 641. The van der Waals surface area contributed by atoms with Crippen LogP contribution in [0.15, 0.2) is 28.7 Å². The van der Waals surface area contributed by atoms with Crippen LogP contribution in [0.3, 0.4) is 0 Å². The second-order valence-corrected chi connectivity index (χ2v) is 5.49. The Hall–Kier alpha value is -2.01. The number of benzene rings is 1. The van der Waals surface area contributed by atoms with Gasteiger partial charge < -0.3 is 19.6 Å². The van der Waals surface area contributed by atoms with Gasteiger partial charge in [0.2, 0.25) is 0 Å². The van der Waals surface area contributed by atoms with Gasteiger partial charge >= 0.3 is 0 Å². The average Bonchev–Trinajstić information content (AvgIpc) is 2.92.